The van der Waals surface area contributed by atoms with Crippen LogP contribution in [0, 0.1) is 0 Å². The largest absolute Gasteiger partial charge is 0.417 e. The van der Waals surface area contributed by atoms with Crippen LogP contribution in [-0.4, -0.2) is 16.4 Å². The summed E-state index contributed by atoms with van der Waals surface area (Å²) in [5, 5.41) is 0. The van der Waals surface area contributed by atoms with Gasteiger partial charge in [0.05, 0.1) is 0 Å². The lowest BCUT2D eigenvalue weighted by molar-refractivity contribution is 0.319. The van der Waals surface area contributed by atoms with E-state index in [9.17, 15) is 0 Å². The van der Waals surface area contributed by atoms with Gasteiger partial charge in [0.15, 0.2) is 0 Å². The summed E-state index contributed by atoms with van der Waals surface area (Å²) < 4.78 is 5.70. The maximum atomic E-state index is 5.70. The van der Waals surface area contributed by atoms with Crippen molar-refractivity contribution >= 4 is 9.76 Å². The van der Waals surface area contributed by atoms with E-state index in [1.807, 2.05) is 0 Å². The number of rotatable bonds is 18. The van der Waals surface area contributed by atoms with Crippen LogP contribution in [0.2, 0.25) is 6.04 Å². The average molecular weight is 313 g/mol. The summed E-state index contributed by atoms with van der Waals surface area (Å²) in [4.78, 5) is 0. The van der Waals surface area contributed by atoms with Crippen molar-refractivity contribution < 1.29 is 4.43 Å². The quantitative estimate of drug-likeness (QED) is 0.197. The van der Waals surface area contributed by atoms with Gasteiger partial charge in [0.25, 0.3) is 0 Å². The standard InChI is InChI=1S/C19H40OSi/c1-3-5-7-8-9-10-11-12-13-14-15-16-18-20-21-19-17-6-4-2/h3-19H2,1-2H3. The Bertz CT molecular complexity index is 155. The molecule has 0 unspecified atom stereocenters. The molecule has 0 rings (SSSR count). The highest BCUT2D eigenvalue weighted by Gasteiger charge is 1.95. The summed E-state index contributed by atoms with van der Waals surface area (Å²) in [5.74, 6) is 0. The molecule has 0 fully saturated rings. The summed E-state index contributed by atoms with van der Waals surface area (Å²) in [7, 11) is 0.754. The topological polar surface area (TPSA) is 9.23 Å². The van der Waals surface area contributed by atoms with E-state index in [0.717, 1.165) is 16.4 Å². The second-order valence-corrected chi connectivity index (χ2v) is 7.42. The first-order valence-corrected chi connectivity index (χ1v) is 10.9. The van der Waals surface area contributed by atoms with Crippen LogP contribution in [0.4, 0.5) is 0 Å². The van der Waals surface area contributed by atoms with E-state index >= 15 is 0 Å². The molecular formula is C19H40OSi. The van der Waals surface area contributed by atoms with Gasteiger partial charge >= 0.3 is 0 Å². The monoisotopic (exact) mass is 312 g/mol. The van der Waals surface area contributed by atoms with E-state index in [1.165, 1.54) is 102 Å². The van der Waals surface area contributed by atoms with E-state index in [1.54, 1.807) is 0 Å². The predicted molar refractivity (Wildman–Crippen MR) is 97.1 cm³/mol. The van der Waals surface area contributed by atoms with Gasteiger partial charge in [-0.05, 0) is 12.5 Å². The Hall–Kier alpha value is 0.177. The Morgan fingerprint density at radius 3 is 1.48 bits per heavy atom. The lowest BCUT2D eigenvalue weighted by Gasteiger charge is -2.04. The summed E-state index contributed by atoms with van der Waals surface area (Å²) >= 11 is 0. The Morgan fingerprint density at radius 1 is 0.524 bits per heavy atom. The van der Waals surface area contributed by atoms with Gasteiger partial charge in [-0.3, -0.25) is 0 Å². The van der Waals surface area contributed by atoms with Crippen molar-refractivity contribution in [3.8, 4) is 0 Å². The second kappa shape index (κ2) is 20.2. The van der Waals surface area contributed by atoms with Crippen LogP contribution in [0.3, 0.4) is 0 Å². The van der Waals surface area contributed by atoms with E-state index < -0.39 is 0 Å². The van der Waals surface area contributed by atoms with Gasteiger partial charge in [-0.15, -0.1) is 0 Å². The van der Waals surface area contributed by atoms with E-state index in [4.69, 9.17) is 4.43 Å². The highest BCUT2D eigenvalue weighted by molar-refractivity contribution is 6.26. The molecule has 0 atom stereocenters. The Kier molecular flexibility index (Phi) is 20.3. The summed E-state index contributed by atoms with van der Waals surface area (Å²) in [6.07, 6.45) is 21.1. The predicted octanol–water partition coefficient (Wildman–Crippen LogP) is 6.93. The summed E-state index contributed by atoms with van der Waals surface area (Å²) in [6.45, 7) is 5.55. The lowest BCUT2D eigenvalue weighted by Crippen LogP contribution is -2.00. The van der Waals surface area contributed by atoms with Gasteiger partial charge in [-0.1, -0.05) is 104 Å². The molecule has 0 heterocycles. The zero-order valence-electron chi connectivity index (χ0n) is 14.9. The molecule has 0 saturated heterocycles. The normalized spacial score (nSPS) is 11.1. The van der Waals surface area contributed by atoms with Gasteiger partial charge in [0.1, 0.15) is 0 Å². The maximum absolute atomic E-state index is 5.70. The second-order valence-electron chi connectivity index (χ2n) is 6.34. The van der Waals surface area contributed by atoms with Crippen molar-refractivity contribution in [1.82, 2.24) is 0 Å². The molecule has 0 aromatic rings. The Morgan fingerprint density at radius 2 is 0.952 bits per heavy atom. The lowest BCUT2D eigenvalue weighted by atomic mass is 10.1. The zero-order valence-corrected chi connectivity index (χ0v) is 15.9. The van der Waals surface area contributed by atoms with E-state index in [2.05, 4.69) is 13.8 Å². The van der Waals surface area contributed by atoms with Gasteiger partial charge in [0.2, 0.25) is 9.76 Å². The third kappa shape index (κ3) is 20.2. The molecule has 0 saturated carbocycles. The average Bonchev–Trinajstić information content (AvgIpc) is 2.50. The molecule has 2 radical (unpaired) electrons. The fraction of sp³-hybridized carbons (Fsp3) is 1.00. The van der Waals surface area contributed by atoms with Gasteiger partial charge in [-0.25, -0.2) is 0 Å². The zero-order chi connectivity index (χ0) is 15.4. The van der Waals surface area contributed by atoms with Crippen molar-refractivity contribution in [2.75, 3.05) is 6.61 Å². The fourth-order valence-corrected chi connectivity index (χ4v) is 3.43. The van der Waals surface area contributed by atoms with E-state index in [0.29, 0.717) is 0 Å². The molecule has 0 spiro atoms. The molecule has 0 amide bonds. The first kappa shape index (κ1) is 21.2. The van der Waals surface area contributed by atoms with Crippen molar-refractivity contribution in [2.45, 2.75) is 116 Å². The molecule has 0 aromatic carbocycles. The molecule has 0 aliphatic heterocycles. The number of hydrogen-bond acceptors (Lipinski definition) is 1. The molecular weight excluding hydrogens is 272 g/mol. The molecule has 0 aromatic heterocycles. The Balaban J connectivity index is 2.90. The highest BCUT2D eigenvalue weighted by atomic mass is 28.2. The summed E-state index contributed by atoms with van der Waals surface area (Å²) in [5.41, 5.74) is 0. The van der Waals surface area contributed by atoms with Gasteiger partial charge in [-0.2, -0.15) is 0 Å². The minimum atomic E-state index is 0.754. The van der Waals surface area contributed by atoms with E-state index in [-0.39, 0.29) is 0 Å². The minimum absolute atomic E-state index is 0.754. The third-order valence-corrected chi connectivity index (χ3v) is 5.05. The highest BCUT2D eigenvalue weighted by Crippen LogP contribution is 2.11. The first-order valence-electron chi connectivity index (χ1n) is 9.76. The molecule has 2 heteroatoms. The van der Waals surface area contributed by atoms with Gasteiger partial charge < -0.3 is 4.43 Å². The van der Waals surface area contributed by atoms with Crippen molar-refractivity contribution in [3.05, 3.63) is 0 Å². The first-order chi connectivity index (χ1) is 10.4. The van der Waals surface area contributed by atoms with Crippen molar-refractivity contribution in [1.29, 1.82) is 0 Å². The van der Waals surface area contributed by atoms with Crippen LogP contribution >= 0.6 is 0 Å². The smallest absolute Gasteiger partial charge is 0.229 e. The molecule has 0 N–H and O–H groups in total. The molecule has 21 heavy (non-hydrogen) atoms. The Labute approximate surface area is 137 Å². The molecule has 0 aliphatic rings. The fourth-order valence-electron chi connectivity index (χ4n) is 2.61. The maximum Gasteiger partial charge on any atom is 0.229 e. The van der Waals surface area contributed by atoms with Crippen molar-refractivity contribution in [3.63, 3.8) is 0 Å². The van der Waals surface area contributed by atoms with Crippen LogP contribution < -0.4 is 0 Å². The molecule has 1 nitrogen and oxygen atoms in total. The van der Waals surface area contributed by atoms with Gasteiger partial charge in [0, 0.05) is 6.61 Å². The minimum Gasteiger partial charge on any atom is -0.417 e. The third-order valence-electron chi connectivity index (χ3n) is 4.08. The van der Waals surface area contributed by atoms with Crippen molar-refractivity contribution in [2.24, 2.45) is 0 Å². The molecule has 126 valence electrons. The molecule has 0 bridgehead atoms. The van der Waals surface area contributed by atoms with Crippen LogP contribution in [-0.2, 0) is 4.43 Å². The van der Waals surface area contributed by atoms with Crippen LogP contribution in [0.25, 0.3) is 0 Å². The SMILES string of the molecule is CCCCCCCCCCCCCCO[Si]CCCCC. The number of unbranched alkanes of at least 4 members (excludes halogenated alkanes) is 13. The van der Waals surface area contributed by atoms with Crippen LogP contribution in [0.1, 0.15) is 110 Å². The summed E-state index contributed by atoms with van der Waals surface area (Å²) in [6, 6.07) is 1.28. The van der Waals surface area contributed by atoms with Crippen LogP contribution in [0.5, 0.6) is 0 Å². The molecule has 0 aliphatic carbocycles. The van der Waals surface area contributed by atoms with Crippen LogP contribution in [0.15, 0.2) is 0 Å². The number of hydrogen-bond donors (Lipinski definition) is 0.